The lowest BCUT2D eigenvalue weighted by molar-refractivity contribution is 0.324. The fraction of sp³-hybridized carbons (Fsp3) is 1.00. The molecule has 0 aromatic heterocycles. The summed E-state index contributed by atoms with van der Waals surface area (Å²) >= 11 is 1.89. The van der Waals surface area contributed by atoms with Crippen LogP contribution in [0.15, 0.2) is 0 Å². The molecule has 0 saturated heterocycles. The van der Waals surface area contributed by atoms with Crippen LogP contribution in [0.3, 0.4) is 0 Å². The molecule has 12 heavy (non-hydrogen) atoms. The Morgan fingerprint density at radius 1 is 1.33 bits per heavy atom. The average molecular weight is 185 g/mol. The van der Waals surface area contributed by atoms with E-state index in [1.165, 1.54) is 25.8 Å². The molecular formula is C10H19NS. The lowest BCUT2D eigenvalue weighted by Gasteiger charge is -2.21. The Labute approximate surface area is 79.7 Å². The Balaban J connectivity index is 1.69. The summed E-state index contributed by atoms with van der Waals surface area (Å²) in [5.41, 5.74) is 0. The third-order valence-corrected chi connectivity index (χ3v) is 4.03. The number of fused-ring (bicyclic) bond motifs is 2. The molecule has 2 aliphatic carbocycles. The van der Waals surface area contributed by atoms with E-state index in [1.54, 1.807) is 6.42 Å². The van der Waals surface area contributed by atoms with Crippen LogP contribution in [0.2, 0.25) is 0 Å². The normalized spacial score (nSPS) is 39.2. The number of hydrogen-bond donors (Lipinski definition) is 1. The van der Waals surface area contributed by atoms with Gasteiger partial charge in [0, 0.05) is 5.88 Å². The molecular weight excluding hydrogens is 166 g/mol. The Hall–Kier alpha value is 0.310. The van der Waals surface area contributed by atoms with E-state index >= 15 is 0 Å². The second kappa shape index (κ2) is 4.01. The highest BCUT2D eigenvalue weighted by Gasteiger charge is 2.38. The van der Waals surface area contributed by atoms with Crippen LogP contribution in [0.1, 0.15) is 25.7 Å². The van der Waals surface area contributed by atoms with Crippen molar-refractivity contribution < 1.29 is 0 Å². The van der Waals surface area contributed by atoms with Crippen molar-refractivity contribution in [1.82, 2.24) is 5.32 Å². The molecule has 0 spiro atoms. The fourth-order valence-electron chi connectivity index (χ4n) is 2.97. The number of nitrogens with one attached hydrogen (secondary N) is 1. The van der Waals surface area contributed by atoms with Gasteiger partial charge in [-0.2, -0.15) is 0 Å². The van der Waals surface area contributed by atoms with E-state index in [9.17, 15) is 0 Å². The van der Waals surface area contributed by atoms with Crippen LogP contribution in [-0.2, 0) is 0 Å². The first-order chi connectivity index (χ1) is 5.90. The molecule has 3 unspecified atom stereocenters. The van der Waals surface area contributed by atoms with Crippen molar-refractivity contribution >= 4 is 11.8 Å². The van der Waals surface area contributed by atoms with Crippen LogP contribution in [-0.4, -0.2) is 18.7 Å². The van der Waals surface area contributed by atoms with Gasteiger partial charge in [-0.05, 0) is 49.8 Å². The summed E-state index contributed by atoms with van der Waals surface area (Å²) in [6.45, 7) is 1.28. The summed E-state index contributed by atoms with van der Waals surface area (Å²) in [4.78, 5) is 0. The minimum atomic E-state index is 1.02. The van der Waals surface area contributed by atoms with Gasteiger partial charge < -0.3 is 5.32 Å². The summed E-state index contributed by atoms with van der Waals surface area (Å²) in [6, 6.07) is 0. The smallest absolute Gasteiger partial charge is 0.0415 e. The molecule has 2 heteroatoms. The summed E-state index contributed by atoms with van der Waals surface area (Å²) in [6.07, 6.45) is 8.28. The molecule has 2 saturated carbocycles. The molecule has 2 bridgehead atoms. The molecule has 1 nitrogen and oxygen atoms in total. The van der Waals surface area contributed by atoms with E-state index in [1.807, 2.05) is 11.8 Å². The molecule has 0 aromatic rings. The number of hydrogen-bond acceptors (Lipinski definition) is 2. The van der Waals surface area contributed by atoms with Crippen LogP contribution in [0, 0.1) is 17.8 Å². The minimum Gasteiger partial charge on any atom is -0.308 e. The second-order valence-electron chi connectivity index (χ2n) is 4.32. The van der Waals surface area contributed by atoms with Crippen molar-refractivity contribution in [1.29, 1.82) is 0 Å². The number of thioether (sulfide) groups is 1. The van der Waals surface area contributed by atoms with E-state index in [4.69, 9.17) is 0 Å². The third-order valence-electron chi connectivity index (χ3n) is 3.54. The predicted molar refractivity (Wildman–Crippen MR) is 55.3 cm³/mol. The number of rotatable bonds is 4. The topological polar surface area (TPSA) is 12.0 Å². The van der Waals surface area contributed by atoms with Crippen molar-refractivity contribution in [3.05, 3.63) is 0 Å². The van der Waals surface area contributed by atoms with Gasteiger partial charge in [-0.3, -0.25) is 0 Å². The van der Waals surface area contributed by atoms with Crippen LogP contribution in [0.5, 0.6) is 0 Å². The predicted octanol–water partition coefficient (Wildman–Crippen LogP) is 2.33. The highest BCUT2D eigenvalue weighted by atomic mass is 32.2. The van der Waals surface area contributed by atoms with Crippen molar-refractivity contribution in [3.63, 3.8) is 0 Å². The van der Waals surface area contributed by atoms with Gasteiger partial charge in [-0.1, -0.05) is 6.42 Å². The fourth-order valence-corrected chi connectivity index (χ4v) is 3.29. The van der Waals surface area contributed by atoms with Gasteiger partial charge >= 0.3 is 0 Å². The Kier molecular flexibility index (Phi) is 2.97. The molecule has 0 amide bonds. The lowest BCUT2D eigenvalue weighted by atomic mass is 9.89. The molecule has 70 valence electrons. The largest absolute Gasteiger partial charge is 0.308 e. The van der Waals surface area contributed by atoms with Gasteiger partial charge in [0.2, 0.25) is 0 Å². The molecule has 0 heterocycles. The van der Waals surface area contributed by atoms with Gasteiger partial charge in [-0.15, -0.1) is 11.8 Å². The summed E-state index contributed by atoms with van der Waals surface area (Å²) in [5, 5.41) is 3.52. The third kappa shape index (κ3) is 1.80. The summed E-state index contributed by atoms with van der Waals surface area (Å²) in [7, 11) is 0. The Bertz CT molecular complexity index is 149. The Morgan fingerprint density at radius 2 is 2.25 bits per heavy atom. The first-order valence-corrected chi connectivity index (χ1v) is 6.49. The molecule has 2 rings (SSSR count). The molecule has 2 aliphatic rings. The van der Waals surface area contributed by atoms with Crippen LogP contribution in [0.4, 0.5) is 0 Å². The van der Waals surface area contributed by atoms with Crippen LogP contribution in [0.25, 0.3) is 0 Å². The van der Waals surface area contributed by atoms with Crippen molar-refractivity contribution in [3.8, 4) is 0 Å². The minimum absolute atomic E-state index is 1.02. The molecule has 0 aromatic carbocycles. The molecule has 3 atom stereocenters. The maximum atomic E-state index is 3.52. The summed E-state index contributed by atoms with van der Waals surface area (Å²) < 4.78 is 0. The van der Waals surface area contributed by atoms with Gasteiger partial charge in [0.1, 0.15) is 0 Å². The molecule has 0 aliphatic heterocycles. The second-order valence-corrected chi connectivity index (χ2v) is 5.19. The first-order valence-electron chi connectivity index (χ1n) is 5.10. The van der Waals surface area contributed by atoms with Gasteiger partial charge in [0.15, 0.2) is 0 Å². The molecule has 1 N–H and O–H groups in total. The zero-order chi connectivity index (χ0) is 8.39. The highest BCUT2D eigenvalue weighted by Crippen LogP contribution is 2.47. The zero-order valence-corrected chi connectivity index (χ0v) is 8.70. The monoisotopic (exact) mass is 185 g/mol. The highest BCUT2D eigenvalue weighted by molar-refractivity contribution is 7.98. The SMILES string of the molecule is CSCNCC1CC2CCC1C2. The maximum absolute atomic E-state index is 3.52. The average Bonchev–Trinajstić information content (AvgIpc) is 2.65. The van der Waals surface area contributed by atoms with E-state index in [2.05, 4.69) is 11.6 Å². The maximum Gasteiger partial charge on any atom is 0.0415 e. The van der Waals surface area contributed by atoms with Gasteiger partial charge in [0.25, 0.3) is 0 Å². The van der Waals surface area contributed by atoms with E-state index in [0.717, 1.165) is 23.6 Å². The zero-order valence-electron chi connectivity index (χ0n) is 7.88. The Morgan fingerprint density at radius 3 is 2.83 bits per heavy atom. The van der Waals surface area contributed by atoms with Crippen molar-refractivity contribution in [2.45, 2.75) is 25.7 Å². The lowest BCUT2D eigenvalue weighted by Crippen LogP contribution is -2.26. The van der Waals surface area contributed by atoms with Crippen molar-refractivity contribution in [2.24, 2.45) is 17.8 Å². The summed E-state index contributed by atoms with van der Waals surface area (Å²) in [5.74, 6) is 4.35. The first kappa shape index (κ1) is 8.89. The standard InChI is InChI=1S/C10H19NS/c1-12-7-11-6-10-5-8-2-3-9(10)4-8/h8-11H,2-7H2,1H3. The van der Waals surface area contributed by atoms with Crippen molar-refractivity contribution in [2.75, 3.05) is 18.7 Å². The van der Waals surface area contributed by atoms with Crippen LogP contribution >= 0.6 is 11.8 Å². The quantitative estimate of drug-likeness (QED) is 0.533. The molecule has 0 radical (unpaired) electrons. The van der Waals surface area contributed by atoms with Crippen LogP contribution < -0.4 is 5.32 Å². The van der Waals surface area contributed by atoms with E-state index in [-0.39, 0.29) is 0 Å². The van der Waals surface area contributed by atoms with E-state index < -0.39 is 0 Å². The van der Waals surface area contributed by atoms with Gasteiger partial charge in [-0.25, -0.2) is 0 Å². The van der Waals surface area contributed by atoms with Gasteiger partial charge in [0.05, 0.1) is 0 Å². The molecule has 2 fully saturated rings. The van der Waals surface area contributed by atoms with E-state index in [0.29, 0.717) is 0 Å².